The van der Waals surface area contributed by atoms with Crippen LogP contribution in [0.25, 0.3) is 44.4 Å². The lowest BCUT2D eigenvalue weighted by atomic mass is 10.0. The molecule has 43 heavy (non-hydrogen) atoms. The Bertz CT molecular complexity index is 2130. The van der Waals surface area contributed by atoms with Gasteiger partial charge in [0.1, 0.15) is 17.3 Å². The zero-order valence-electron chi connectivity index (χ0n) is 25.7. The molecule has 0 radical (unpaired) electrons. The van der Waals surface area contributed by atoms with Crippen LogP contribution in [0.15, 0.2) is 115 Å². The number of pyridine rings is 1. The molecule has 4 aromatic carbocycles. The van der Waals surface area contributed by atoms with E-state index in [9.17, 15) is 0 Å². The molecule has 5 heteroatoms. The number of ether oxygens (including phenoxy) is 1. The highest BCUT2D eigenvalue weighted by molar-refractivity contribution is 6.09. The summed E-state index contributed by atoms with van der Waals surface area (Å²) >= 11 is 0. The van der Waals surface area contributed by atoms with E-state index in [1.165, 1.54) is 5.56 Å². The van der Waals surface area contributed by atoms with Crippen LogP contribution >= 0.6 is 0 Å². The first-order valence-electron chi connectivity index (χ1n) is 15.4. The summed E-state index contributed by atoms with van der Waals surface area (Å²) in [5, 5.41) is 6.97. The van der Waals surface area contributed by atoms with Crippen molar-refractivity contribution in [2.75, 3.05) is 0 Å². The van der Waals surface area contributed by atoms with Crippen molar-refractivity contribution < 1.29 is 6.11 Å². The van der Waals surface area contributed by atoms with Crippen LogP contribution in [0.2, 0.25) is 0 Å². The van der Waals surface area contributed by atoms with Crippen molar-refractivity contribution in [3.05, 3.63) is 132 Å². The van der Waals surface area contributed by atoms with Gasteiger partial charge in [-0.1, -0.05) is 67.9 Å². The van der Waals surface area contributed by atoms with Crippen molar-refractivity contribution in [3.8, 4) is 34.1 Å². The van der Waals surface area contributed by atoms with Crippen LogP contribution in [-0.4, -0.2) is 19.3 Å². The zero-order chi connectivity index (χ0) is 30.2. The zero-order valence-corrected chi connectivity index (χ0v) is 24.7. The molecule has 0 bridgehead atoms. The molecular weight excluding hydrogens is 528 g/mol. The monoisotopic (exact) mass is 563 g/mol. The molecule has 3 heterocycles. The number of aromatic nitrogens is 4. The smallest absolute Gasteiger partial charge is 0.137 e. The minimum absolute atomic E-state index is 0.484. The third-order valence-corrected chi connectivity index (χ3v) is 8.09. The number of hydrogen-bond acceptors (Lipinski definition) is 3. The lowest BCUT2D eigenvalue weighted by Gasteiger charge is -2.11. The minimum atomic E-state index is 0.484. The maximum Gasteiger partial charge on any atom is 0.137 e. The molecule has 5 nitrogen and oxygen atoms in total. The fourth-order valence-electron chi connectivity index (χ4n) is 6.05. The van der Waals surface area contributed by atoms with Crippen LogP contribution in [0, 0.1) is 13.8 Å². The van der Waals surface area contributed by atoms with E-state index in [-0.39, 0.29) is 0 Å². The molecule has 0 aliphatic carbocycles. The van der Waals surface area contributed by atoms with Gasteiger partial charge in [-0.2, -0.15) is 5.10 Å². The van der Waals surface area contributed by atoms with E-state index in [2.05, 4.69) is 79.9 Å². The van der Waals surface area contributed by atoms with Gasteiger partial charge in [0.25, 0.3) is 0 Å². The van der Waals surface area contributed by atoms with Gasteiger partial charge < -0.3 is 4.74 Å². The molecule has 0 fully saturated rings. The molecule has 0 spiro atoms. The van der Waals surface area contributed by atoms with Gasteiger partial charge in [0.15, 0.2) is 0 Å². The largest absolute Gasteiger partial charge is 0.457 e. The second-order valence-electron chi connectivity index (χ2n) is 11.0. The molecule has 0 saturated carbocycles. The first-order valence-corrected chi connectivity index (χ1v) is 14.9. The number of rotatable bonds is 8. The van der Waals surface area contributed by atoms with Gasteiger partial charge in [0.2, 0.25) is 0 Å². The number of aryl methyl sites for hydroxylation is 2. The van der Waals surface area contributed by atoms with Crippen molar-refractivity contribution in [1.82, 2.24) is 19.3 Å². The number of hydrogen-bond donors (Lipinski definition) is 0. The average Bonchev–Trinajstić information content (AvgIpc) is 3.52. The van der Waals surface area contributed by atoms with Gasteiger partial charge in [-0.15, -0.1) is 0 Å². The number of nitrogens with zero attached hydrogens (tertiary/aromatic N) is 4. The Labute approximate surface area is 253 Å². The average molecular weight is 564 g/mol. The summed E-state index contributed by atoms with van der Waals surface area (Å²) in [6, 6.07) is 35.1. The predicted molar refractivity (Wildman–Crippen MR) is 176 cm³/mol. The van der Waals surface area contributed by atoms with E-state index < -0.39 is 0 Å². The Kier molecular flexibility index (Phi) is 6.69. The second kappa shape index (κ2) is 11.3. The normalized spacial score (nSPS) is 11.7. The summed E-state index contributed by atoms with van der Waals surface area (Å²) in [4.78, 5) is 4.78. The number of benzene rings is 4. The van der Waals surface area contributed by atoms with Crippen LogP contribution in [0.5, 0.6) is 11.5 Å². The predicted octanol–water partition coefficient (Wildman–Crippen LogP) is 9.78. The summed E-state index contributed by atoms with van der Waals surface area (Å²) in [6.07, 6.45) is 5.20. The molecule has 0 aliphatic heterocycles. The first-order chi connectivity index (χ1) is 21.5. The van der Waals surface area contributed by atoms with Crippen molar-refractivity contribution in [1.29, 1.82) is 0 Å². The molecule has 0 saturated heterocycles. The maximum absolute atomic E-state index is 8.28. The SMILES string of the molecule is [2H]c1ccc2c(c1)c1ccc(Oc3cccc(-n4nc(C)c(-c5ccccc5)c4C)c3)cc1n2-c1cc(CCCC)ccn1. The van der Waals surface area contributed by atoms with Crippen molar-refractivity contribution >= 4 is 21.8 Å². The summed E-state index contributed by atoms with van der Waals surface area (Å²) in [5.74, 6) is 2.32. The number of unbranched alkanes of at least 4 members (excludes halogenated alkanes) is 1. The standard InChI is InChI=1S/C38H34N4O/c1-4-5-12-28-21-22-39-37(23-28)41-35-18-10-9-17-33(35)34-20-19-32(25-36(34)41)43-31-16-11-15-30(24-31)42-27(3)38(26(2)40-42)29-13-7-6-8-14-29/h6-11,13-25H,4-5,12H2,1-3H3/i9D. The van der Waals surface area contributed by atoms with Crippen molar-refractivity contribution in [2.45, 2.75) is 40.0 Å². The van der Waals surface area contributed by atoms with E-state index >= 15 is 0 Å². The molecule has 0 unspecified atom stereocenters. The molecule has 7 rings (SSSR count). The third kappa shape index (κ3) is 4.97. The molecule has 0 amide bonds. The van der Waals surface area contributed by atoms with E-state index in [0.29, 0.717) is 6.04 Å². The molecular formula is C38H34N4O. The number of para-hydroxylation sites is 1. The Hall–Kier alpha value is -5.16. The van der Waals surface area contributed by atoms with Crippen molar-refractivity contribution in [2.24, 2.45) is 0 Å². The molecule has 0 atom stereocenters. The fraction of sp³-hybridized carbons (Fsp3) is 0.158. The second-order valence-corrected chi connectivity index (χ2v) is 11.0. The molecule has 0 aliphatic rings. The summed E-state index contributed by atoms with van der Waals surface area (Å²) in [6.45, 7) is 6.37. The third-order valence-electron chi connectivity index (χ3n) is 8.09. The quantitative estimate of drug-likeness (QED) is 0.185. The maximum atomic E-state index is 8.28. The Morgan fingerprint density at radius 2 is 1.63 bits per heavy atom. The van der Waals surface area contributed by atoms with Crippen LogP contribution in [0.1, 0.15) is 38.1 Å². The Morgan fingerprint density at radius 1 is 0.791 bits per heavy atom. The lowest BCUT2D eigenvalue weighted by molar-refractivity contribution is 0.483. The van der Waals surface area contributed by atoms with E-state index in [1.54, 1.807) is 0 Å². The molecule has 212 valence electrons. The van der Waals surface area contributed by atoms with Gasteiger partial charge in [-0.25, -0.2) is 9.67 Å². The molecule has 3 aromatic heterocycles. The van der Waals surface area contributed by atoms with Gasteiger partial charge >= 0.3 is 0 Å². The van der Waals surface area contributed by atoms with Gasteiger partial charge in [-0.3, -0.25) is 4.57 Å². The van der Waals surface area contributed by atoms with Crippen molar-refractivity contribution in [3.63, 3.8) is 0 Å². The Morgan fingerprint density at radius 3 is 2.49 bits per heavy atom. The van der Waals surface area contributed by atoms with Gasteiger partial charge in [-0.05, 0) is 80.3 Å². The lowest BCUT2D eigenvalue weighted by Crippen LogP contribution is -2.00. The summed E-state index contributed by atoms with van der Waals surface area (Å²) in [5.41, 5.74) is 8.61. The first kappa shape index (κ1) is 25.5. The summed E-state index contributed by atoms with van der Waals surface area (Å²) in [7, 11) is 0. The topological polar surface area (TPSA) is 44.9 Å². The minimum Gasteiger partial charge on any atom is -0.457 e. The van der Waals surface area contributed by atoms with Crippen LogP contribution in [0.4, 0.5) is 0 Å². The van der Waals surface area contributed by atoms with Crippen LogP contribution in [0.3, 0.4) is 0 Å². The van der Waals surface area contributed by atoms with E-state index in [4.69, 9.17) is 16.2 Å². The number of fused-ring (bicyclic) bond motifs is 3. The van der Waals surface area contributed by atoms with E-state index in [0.717, 1.165) is 86.6 Å². The molecule has 7 aromatic rings. The highest BCUT2D eigenvalue weighted by atomic mass is 16.5. The van der Waals surface area contributed by atoms with Crippen LogP contribution < -0.4 is 4.74 Å². The van der Waals surface area contributed by atoms with Crippen LogP contribution in [-0.2, 0) is 6.42 Å². The highest BCUT2D eigenvalue weighted by Gasteiger charge is 2.16. The Balaban J connectivity index is 1.28. The van der Waals surface area contributed by atoms with Gasteiger partial charge in [0, 0.05) is 40.4 Å². The van der Waals surface area contributed by atoms with Gasteiger partial charge in [0.05, 0.1) is 23.8 Å². The van der Waals surface area contributed by atoms with E-state index in [1.807, 2.05) is 59.4 Å². The highest BCUT2D eigenvalue weighted by Crippen LogP contribution is 2.36. The summed E-state index contributed by atoms with van der Waals surface area (Å²) < 4.78 is 18.9. The fourth-order valence-corrected chi connectivity index (χ4v) is 6.05. The molecule has 0 N–H and O–H groups in total.